The van der Waals surface area contributed by atoms with Crippen molar-refractivity contribution >= 4 is 74.9 Å². The molecule has 4 nitrogen and oxygen atoms in total. The molecule has 0 aliphatic heterocycles. The van der Waals surface area contributed by atoms with Crippen LogP contribution in [0.25, 0.3) is 115 Å². The van der Waals surface area contributed by atoms with Crippen LogP contribution >= 0.6 is 11.3 Å². The summed E-state index contributed by atoms with van der Waals surface area (Å²) >= 11 is 1.81. The van der Waals surface area contributed by atoms with Gasteiger partial charge in [0.15, 0.2) is 17.5 Å². The molecule has 58 heavy (non-hydrogen) atoms. The maximum atomic E-state index is 5.09. The van der Waals surface area contributed by atoms with E-state index in [0.717, 1.165) is 27.9 Å². The fourth-order valence-corrected chi connectivity index (χ4v) is 9.77. The van der Waals surface area contributed by atoms with Crippen molar-refractivity contribution in [3.05, 3.63) is 194 Å². The van der Waals surface area contributed by atoms with Gasteiger partial charge in [0.25, 0.3) is 0 Å². The second kappa shape index (κ2) is 13.1. The Balaban J connectivity index is 0.995. The Hall–Kier alpha value is -7.47. The van der Waals surface area contributed by atoms with Crippen molar-refractivity contribution in [3.63, 3.8) is 0 Å². The molecule has 12 rings (SSSR count). The minimum Gasteiger partial charge on any atom is -0.309 e. The predicted molar refractivity (Wildman–Crippen MR) is 244 cm³/mol. The van der Waals surface area contributed by atoms with Gasteiger partial charge in [0.1, 0.15) is 0 Å². The number of thiophene rings is 1. The van der Waals surface area contributed by atoms with E-state index in [1.807, 2.05) is 35.6 Å². The molecule has 0 atom stereocenters. The lowest BCUT2D eigenvalue weighted by Gasteiger charge is -2.09. The van der Waals surface area contributed by atoms with Gasteiger partial charge in [-0.05, 0) is 69.1 Å². The lowest BCUT2D eigenvalue weighted by atomic mass is 10.0. The molecule has 0 amide bonds. The molecule has 9 aromatic carbocycles. The van der Waals surface area contributed by atoms with Crippen LogP contribution in [0.4, 0.5) is 0 Å². The molecule has 0 fully saturated rings. The molecule has 3 heterocycles. The molecule has 0 saturated heterocycles. The summed E-state index contributed by atoms with van der Waals surface area (Å²) in [5.41, 5.74) is 8.76. The van der Waals surface area contributed by atoms with Gasteiger partial charge < -0.3 is 4.57 Å². The van der Waals surface area contributed by atoms with E-state index >= 15 is 0 Å². The second-order valence-electron chi connectivity index (χ2n) is 14.8. The summed E-state index contributed by atoms with van der Waals surface area (Å²) in [6, 6.07) is 69.3. The maximum absolute atomic E-state index is 5.09. The van der Waals surface area contributed by atoms with E-state index < -0.39 is 0 Å². The molecule has 0 aliphatic carbocycles. The van der Waals surface area contributed by atoms with Crippen LogP contribution in [-0.2, 0) is 0 Å². The standard InChI is InChI=1S/C53H32N4S/c1-3-11-33(12-4-1)34-19-21-37(22-20-34)52-54-51(36-14-5-2-6-15-36)55-53(56-52)40-23-26-43-44-27-25-41(32-49(44)58-48(43)31-40)57-46-28-24-35-13-9-10-18-42(35)50(46)45-29-38-16-7-8-17-39(38)30-47(45)57/h1-32H. The smallest absolute Gasteiger partial charge is 0.164 e. The van der Waals surface area contributed by atoms with E-state index in [9.17, 15) is 0 Å². The number of benzene rings is 9. The van der Waals surface area contributed by atoms with Crippen LogP contribution in [0.2, 0.25) is 0 Å². The summed E-state index contributed by atoms with van der Waals surface area (Å²) in [5.74, 6) is 1.96. The largest absolute Gasteiger partial charge is 0.309 e. The Bertz CT molecular complexity index is 3550. The lowest BCUT2D eigenvalue weighted by Crippen LogP contribution is -2.00. The van der Waals surface area contributed by atoms with E-state index in [0.29, 0.717) is 17.5 Å². The first-order chi connectivity index (χ1) is 28.7. The Morgan fingerprint density at radius 2 is 0.862 bits per heavy atom. The summed E-state index contributed by atoms with van der Waals surface area (Å²) in [5, 5.41) is 10.0. The molecule has 0 saturated carbocycles. The maximum Gasteiger partial charge on any atom is 0.164 e. The average Bonchev–Trinajstić information content (AvgIpc) is 3.83. The van der Waals surface area contributed by atoms with E-state index in [-0.39, 0.29) is 0 Å². The second-order valence-corrected chi connectivity index (χ2v) is 15.9. The number of hydrogen-bond acceptors (Lipinski definition) is 4. The highest BCUT2D eigenvalue weighted by Gasteiger charge is 2.18. The zero-order valence-electron chi connectivity index (χ0n) is 31.2. The number of aromatic nitrogens is 4. The van der Waals surface area contributed by atoms with Crippen LogP contribution in [0.15, 0.2) is 194 Å². The molecule has 12 aromatic rings. The molecule has 0 bridgehead atoms. The number of nitrogens with zero attached hydrogens (tertiary/aromatic N) is 4. The first-order valence-electron chi connectivity index (χ1n) is 19.5. The Morgan fingerprint density at radius 3 is 1.60 bits per heavy atom. The average molecular weight is 757 g/mol. The highest BCUT2D eigenvalue weighted by Crippen LogP contribution is 2.42. The van der Waals surface area contributed by atoms with Gasteiger partial charge in [-0.25, -0.2) is 15.0 Å². The molecule has 3 aromatic heterocycles. The fourth-order valence-electron chi connectivity index (χ4n) is 8.59. The minimum absolute atomic E-state index is 0.649. The van der Waals surface area contributed by atoms with Crippen LogP contribution < -0.4 is 0 Å². The third-order valence-electron chi connectivity index (χ3n) is 11.4. The van der Waals surface area contributed by atoms with Crippen molar-refractivity contribution in [2.45, 2.75) is 0 Å². The zero-order chi connectivity index (χ0) is 38.2. The van der Waals surface area contributed by atoms with Gasteiger partial charge in [0, 0.05) is 53.3 Å². The summed E-state index contributed by atoms with van der Waals surface area (Å²) in [7, 11) is 0. The van der Waals surface area contributed by atoms with Crippen molar-refractivity contribution in [2.75, 3.05) is 0 Å². The highest BCUT2D eigenvalue weighted by molar-refractivity contribution is 7.25. The van der Waals surface area contributed by atoms with Crippen LogP contribution in [0.5, 0.6) is 0 Å². The van der Waals surface area contributed by atoms with E-state index in [2.05, 4.69) is 174 Å². The van der Waals surface area contributed by atoms with Gasteiger partial charge in [0.05, 0.1) is 11.0 Å². The number of hydrogen-bond donors (Lipinski definition) is 0. The number of rotatable bonds is 5. The Morgan fingerprint density at radius 1 is 0.328 bits per heavy atom. The normalized spacial score (nSPS) is 11.8. The molecular formula is C53H32N4S. The minimum atomic E-state index is 0.649. The summed E-state index contributed by atoms with van der Waals surface area (Å²) < 4.78 is 4.88. The van der Waals surface area contributed by atoms with Crippen LogP contribution in [-0.4, -0.2) is 19.5 Å². The molecule has 0 N–H and O–H groups in total. The molecule has 0 unspecified atom stereocenters. The Kier molecular flexibility index (Phi) is 7.37. The van der Waals surface area contributed by atoms with Crippen LogP contribution in [0.3, 0.4) is 0 Å². The van der Waals surface area contributed by atoms with Crippen molar-refractivity contribution in [2.24, 2.45) is 0 Å². The molecule has 0 spiro atoms. The topological polar surface area (TPSA) is 43.6 Å². The highest BCUT2D eigenvalue weighted by atomic mass is 32.1. The van der Waals surface area contributed by atoms with E-state index in [1.54, 1.807) is 0 Å². The van der Waals surface area contributed by atoms with E-state index in [1.165, 1.54) is 69.1 Å². The third kappa shape index (κ3) is 5.32. The van der Waals surface area contributed by atoms with Crippen molar-refractivity contribution < 1.29 is 0 Å². The lowest BCUT2D eigenvalue weighted by molar-refractivity contribution is 1.07. The van der Waals surface area contributed by atoms with Gasteiger partial charge in [-0.1, -0.05) is 158 Å². The molecule has 5 heteroatoms. The van der Waals surface area contributed by atoms with Gasteiger partial charge in [-0.3, -0.25) is 0 Å². The van der Waals surface area contributed by atoms with Crippen LogP contribution in [0, 0.1) is 0 Å². The quantitative estimate of drug-likeness (QED) is 0.176. The van der Waals surface area contributed by atoms with Crippen molar-refractivity contribution in [3.8, 4) is 51.0 Å². The summed E-state index contributed by atoms with van der Waals surface area (Å²) in [6.07, 6.45) is 0. The molecular weight excluding hydrogens is 725 g/mol. The summed E-state index contributed by atoms with van der Waals surface area (Å²) in [4.78, 5) is 15.1. The predicted octanol–water partition coefficient (Wildman–Crippen LogP) is 14.3. The molecule has 0 aliphatic rings. The first kappa shape index (κ1) is 32.7. The van der Waals surface area contributed by atoms with Crippen molar-refractivity contribution in [1.82, 2.24) is 19.5 Å². The zero-order valence-corrected chi connectivity index (χ0v) is 32.0. The Labute approximate surface area is 338 Å². The summed E-state index contributed by atoms with van der Waals surface area (Å²) in [6.45, 7) is 0. The van der Waals surface area contributed by atoms with Gasteiger partial charge in [0.2, 0.25) is 0 Å². The van der Waals surface area contributed by atoms with E-state index in [4.69, 9.17) is 15.0 Å². The van der Waals surface area contributed by atoms with Crippen molar-refractivity contribution in [1.29, 1.82) is 0 Å². The molecule has 0 radical (unpaired) electrons. The van der Waals surface area contributed by atoms with Gasteiger partial charge in [-0.2, -0.15) is 0 Å². The SMILES string of the molecule is c1ccc(-c2ccc(-c3nc(-c4ccccc4)nc(-c4ccc5c(c4)sc4cc(-n6c7cc8ccccc8cc7c7c8ccccc8ccc76)ccc45)n3)cc2)cc1. The van der Waals surface area contributed by atoms with Crippen LogP contribution in [0.1, 0.15) is 0 Å². The molecule has 270 valence electrons. The van der Waals surface area contributed by atoms with Gasteiger partial charge >= 0.3 is 0 Å². The first-order valence-corrected chi connectivity index (χ1v) is 20.3. The third-order valence-corrected chi connectivity index (χ3v) is 12.5. The number of fused-ring (bicyclic) bond motifs is 9. The fraction of sp³-hybridized carbons (Fsp3) is 0. The van der Waals surface area contributed by atoms with Gasteiger partial charge in [-0.15, -0.1) is 11.3 Å². The monoisotopic (exact) mass is 756 g/mol.